The molecule has 0 saturated carbocycles. The zero-order valence-electron chi connectivity index (χ0n) is 21.8. The fourth-order valence-corrected chi connectivity index (χ4v) is 3.32. The van der Waals surface area contributed by atoms with Crippen LogP contribution in [0.25, 0.3) is 0 Å². The Kier molecular flexibility index (Phi) is 3.97. The van der Waals surface area contributed by atoms with Gasteiger partial charge in [0.1, 0.15) is 0 Å². The Labute approximate surface area is 165 Å². The third-order valence-corrected chi connectivity index (χ3v) is 4.70. The molecule has 1 unspecified atom stereocenters. The number of para-hydroxylation sites is 1. The van der Waals surface area contributed by atoms with Crippen LogP contribution in [0.4, 0.5) is 5.69 Å². The second kappa shape index (κ2) is 8.97. The van der Waals surface area contributed by atoms with Crippen molar-refractivity contribution in [1.82, 2.24) is 4.90 Å². The number of anilines is 1. The lowest BCUT2D eigenvalue weighted by Crippen LogP contribution is -2.48. The lowest BCUT2D eigenvalue weighted by atomic mass is 10.0. The van der Waals surface area contributed by atoms with Crippen LogP contribution in [0.3, 0.4) is 0 Å². The summed E-state index contributed by atoms with van der Waals surface area (Å²) < 4.78 is 56.1. The molecule has 0 radical (unpaired) electrons. The highest BCUT2D eigenvalue weighted by atomic mass is 16.3. The number of likely N-dealkylation sites (tertiary alicyclic amines) is 1. The number of aliphatic hydroxyl groups is 1. The van der Waals surface area contributed by atoms with Crippen molar-refractivity contribution in [2.45, 2.75) is 38.3 Å². The van der Waals surface area contributed by atoms with Gasteiger partial charge >= 0.3 is 0 Å². The Hall–Kier alpha value is -2.17. The molecule has 1 N–H and O–H groups in total. The normalized spacial score (nSPS) is 21.4. The van der Waals surface area contributed by atoms with E-state index in [0.29, 0.717) is 32.5 Å². The molecule has 2 aromatic carbocycles. The van der Waals surface area contributed by atoms with Gasteiger partial charge in [0, 0.05) is 40.5 Å². The van der Waals surface area contributed by atoms with E-state index in [0.717, 1.165) is 17.4 Å². The average Bonchev–Trinajstić information content (AvgIpc) is 2.79. The van der Waals surface area contributed by atoms with Crippen LogP contribution in [0.2, 0.25) is 0 Å². The van der Waals surface area contributed by atoms with E-state index in [1.54, 1.807) is 0 Å². The summed E-state index contributed by atoms with van der Waals surface area (Å²) in [6, 6.07) is 5.98. The summed E-state index contributed by atoms with van der Waals surface area (Å²) in [4.78, 5) is 16.2. The number of benzene rings is 2. The number of nitrogens with zero attached hydrogens (tertiary/aromatic N) is 2. The summed E-state index contributed by atoms with van der Waals surface area (Å²) in [5.74, 6) is -0.941. The lowest BCUT2D eigenvalue weighted by Gasteiger charge is -2.39. The molecule has 1 aliphatic heterocycles. The molecule has 1 saturated heterocycles. The topological polar surface area (TPSA) is 43.8 Å². The van der Waals surface area contributed by atoms with Gasteiger partial charge in [-0.1, -0.05) is 55.4 Å². The van der Waals surface area contributed by atoms with Gasteiger partial charge in [-0.3, -0.25) is 4.79 Å². The van der Waals surface area contributed by atoms with Gasteiger partial charge in [0.05, 0.1) is 13.0 Å². The van der Waals surface area contributed by atoms with Gasteiger partial charge in [-0.05, 0) is 30.5 Å². The van der Waals surface area contributed by atoms with Crippen LogP contribution in [-0.2, 0) is 4.79 Å². The number of piperidine rings is 1. The number of aliphatic hydroxyl groups excluding tert-OH is 1. The molecule has 0 spiro atoms. The third kappa shape index (κ3) is 4.51. The molecule has 4 heteroatoms. The molecule has 3 rings (SSSR count). The number of carbonyl (C=O) groups excluding carboxylic acids is 1. The third-order valence-electron chi connectivity index (χ3n) is 4.70. The molecular weight excluding hydrogens is 324 g/mol. The van der Waals surface area contributed by atoms with Gasteiger partial charge in [-0.15, -0.1) is 0 Å². The van der Waals surface area contributed by atoms with E-state index in [1.807, 2.05) is 35.2 Å². The summed E-state index contributed by atoms with van der Waals surface area (Å²) in [6.45, 7) is 2.50. The van der Waals surface area contributed by atoms with Crippen molar-refractivity contribution >= 4 is 11.6 Å². The Balaban J connectivity index is 1.86. The first kappa shape index (κ1) is 11.5. The second-order valence-corrected chi connectivity index (χ2v) is 6.36. The maximum absolute atomic E-state index is 13.1. The fraction of sp³-hybridized carbons (Fsp3) is 0.409. The van der Waals surface area contributed by atoms with E-state index in [2.05, 4.69) is 0 Å². The number of rotatable bonds is 6. The highest BCUT2D eigenvalue weighted by Gasteiger charge is 2.29. The van der Waals surface area contributed by atoms with Crippen LogP contribution in [-0.4, -0.2) is 41.6 Å². The highest BCUT2D eigenvalue weighted by molar-refractivity contribution is 5.93. The van der Waals surface area contributed by atoms with E-state index in [1.165, 1.54) is 0 Å². The minimum Gasteiger partial charge on any atom is -0.387 e. The van der Waals surface area contributed by atoms with Crippen LogP contribution >= 0.6 is 0 Å². The van der Waals surface area contributed by atoms with E-state index in [9.17, 15) is 9.90 Å². The number of amides is 1. The van der Waals surface area contributed by atoms with Gasteiger partial charge in [-0.25, -0.2) is 0 Å². The van der Waals surface area contributed by atoms with Crippen molar-refractivity contribution in [2.75, 3.05) is 24.5 Å². The molecule has 26 heavy (non-hydrogen) atoms. The molecule has 2 aromatic rings. The minimum atomic E-state index is -2.29. The van der Waals surface area contributed by atoms with Crippen molar-refractivity contribution < 1.29 is 19.5 Å². The van der Waals surface area contributed by atoms with Crippen molar-refractivity contribution in [3.63, 3.8) is 0 Å². The molecule has 0 aromatic heterocycles. The van der Waals surface area contributed by atoms with Crippen LogP contribution in [0.15, 0.2) is 60.5 Å². The zero-order chi connectivity index (χ0) is 24.5. The van der Waals surface area contributed by atoms with Crippen molar-refractivity contribution in [1.29, 1.82) is 0 Å². The zero-order valence-corrected chi connectivity index (χ0v) is 14.8. The Morgan fingerprint density at radius 2 is 1.92 bits per heavy atom. The predicted molar refractivity (Wildman–Crippen MR) is 105 cm³/mol. The van der Waals surface area contributed by atoms with Crippen LogP contribution < -0.4 is 4.90 Å². The van der Waals surface area contributed by atoms with Crippen LogP contribution in [0, 0.1) is 0 Å². The van der Waals surface area contributed by atoms with Crippen molar-refractivity contribution in [3.05, 3.63) is 66.1 Å². The second-order valence-electron chi connectivity index (χ2n) is 6.36. The highest BCUT2D eigenvalue weighted by Crippen LogP contribution is 2.25. The number of β-amino-alcohol motifs (C(OH)–C–C–N with tert-alkyl or cyclic N) is 1. The largest absolute Gasteiger partial charge is 0.387 e. The average molecular weight is 360 g/mol. The lowest BCUT2D eigenvalue weighted by molar-refractivity contribution is -0.119. The molecule has 1 aliphatic rings. The van der Waals surface area contributed by atoms with E-state index < -0.39 is 54.6 Å². The van der Waals surface area contributed by atoms with Gasteiger partial charge in [0.25, 0.3) is 0 Å². The van der Waals surface area contributed by atoms with Crippen LogP contribution in [0.1, 0.15) is 47.4 Å². The van der Waals surface area contributed by atoms with E-state index in [4.69, 9.17) is 9.60 Å². The van der Waals surface area contributed by atoms with Crippen molar-refractivity contribution in [3.8, 4) is 0 Å². The molecule has 0 aliphatic carbocycles. The van der Waals surface area contributed by atoms with Crippen LogP contribution in [0.5, 0.6) is 0 Å². The van der Waals surface area contributed by atoms with E-state index in [-0.39, 0.29) is 5.69 Å². The fourth-order valence-electron chi connectivity index (χ4n) is 3.32. The first-order chi connectivity index (χ1) is 15.4. The summed E-state index contributed by atoms with van der Waals surface area (Å²) >= 11 is 0. The molecule has 1 atom stereocenters. The SMILES string of the molecule is [2H]c1c([2H])c([2H])c(N(C(=O)C([2H])([2H])C)C2CCN(CC(O)c3ccccc3)CC2)c([2H])c1[2H]. The molecule has 1 amide bonds. The van der Waals surface area contributed by atoms with Crippen molar-refractivity contribution in [2.24, 2.45) is 0 Å². The predicted octanol–water partition coefficient (Wildman–Crippen LogP) is 3.63. The quantitative estimate of drug-likeness (QED) is 0.856. The van der Waals surface area contributed by atoms with Gasteiger partial charge < -0.3 is 14.9 Å². The molecule has 138 valence electrons. The molecule has 1 fully saturated rings. The Morgan fingerprint density at radius 3 is 2.54 bits per heavy atom. The summed E-state index contributed by atoms with van der Waals surface area (Å²) in [5, 5.41) is 10.5. The molecule has 1 heterocycles. The maximum Gasteiger partial charge on any atom is 0.226 e. The van der Waals surface area contributed by atoms with E-state index >= 15 is 0 Å². The molecule has 0 bridgehead atoms. The summed E-state index contributed by atoms with van der Waals surface area (Å²) in [5.41, 5.74) is 0.509. The minimum absolute atomic E-state index is 0.292. The first-order valence-corrected chi connectivity index (χ1v) is 8.79. The summed E-state index contributed by atoms with van der Waals surface area (Å²) in [7, 11) is 0. The van der Waals surface area contributed by atoms with Gasteiger partial charge in [-0.2, -0.15) is 0 Å². The standard InChI is InChI=1S/C22H28N2O2/c1-2-22(26)24(19-11-7-4-8-12-19)20-13-15-23(16-14-20)17-21(25)18-9-5-3-6-10-18/h3-12,20-21,25H,2,13-17H2,1H3/i2D2,4D,7D,8D,11D,12D. The Bertz CT molecular complexity index is 977. The summed E-state index contributed by atoms with van der Waals surface area (Å²) in [6.07, 6.45) is -2.15. The number of carbonyl (C=O) groups is 1. The monoisotopic (exact) mass is 359 g/mol. The molecular formula is C22H28N2O2. The maximum atomic E-state index is 13.1. The smallest absolute Gasteiger partial charge is 0.226 e. The van der Waals surface area contributed by atoms with Gasteiger partial charge in [0.2, 0.25) is 5.91 Å². The molecule has 4 nitrogen and oxygen atoms in total. The Morgan fingerprint density at radius 1 is 1.27 bits per heavy atom. The van der Waals surface area contributed by atoms with Gasteiger partial charge in [0.15, 0.2) is 0 Å². The number of hydrogen-bond acceptors (Lipinski definition) is 3. The first-order valence-electron chi connectivity index (χ1n) is 12.3. The number of hydrogen-bond donors (Lipinski definition) is 1.